The Balaban J connectivity index is 1.68. The summed E-state index contributed by atoms with van der Waals surface area (Å²) in [6, 6.07) is 8.49. The molecule has 0 radical (unpaired) electrons. The molecule has 21 heavy (non-hydrogen) atoms. The van der Waals surface area contributed by atoms with E-state index in [1.54, 1.807) is 44.2 Å². The molecule has 0 amide bonds. The average Bonchev–Trinajstić information content (AvgIpc) is 2.78. The van der Waals surface area contributed by atoms with Crippen molar-refractivity contribution in [1.82, 2.24) is 0 Å². The van der Waals surface area contributed by atoms with Gasteiger partial charge in [0.25, 0.3) is 0 Å². The summed E-state index contributed by atoms with van der Waals surface area (Å²) in [5.74, 6) is -1.78. The van der Waals surface area contributed by atoms with Crippen LogP contribution in [-0.4, -0.2) is 42.6 Å². The second-order valence-corrected chi connectivity index (χ2v) is 5.42. The van der Waals surface area contributed by atoms with E-state index < -0.39 is 30.3 Å². The van der Waals surface area contributed by atoms with E-state index in [0.717, 1.165) is 0 Å². The molecule has 112 valence electrons. The van der Waals surface area contributed by atoms with Gasteiger partial charge in [0.05, 0.1) is 12.2 Å². The number of esters is 1. The molecule has 1 aromatic carbocycles. The Morgan fingerprint density at radius 2 is 1.95 bits per heavy atom. The van der Waals surface area contributed by atoms with E-state index in [9.17, 15) is 9.59 Å². The maximum absolute atomic E-state index is 12.3. The van der Waals surface area contributed by atoms with Gasteiger partial charge in [-0.15, -0.1) is 0 Å². The van der Waals surface area contributed by atoms with Crippen LogP contribution in [0.4, 0.5) is 0 Å². The minimum Gasteiger partial charge on any atom is -0.448 e. The van der Waals surface area contributed by atoms with Crippen molar-refractivity contribution in [1.29, 1.82) is 0 Å². The van der Waals surface area contributed by atoms with Crippen molar-refractivity contribution in [2.75, 3.05) is 6.61 Å². The van der Waals surface area contributed by atoms with Gasteiger partial charge < -0.3 is 18.9 Å². The highest BCUT2D eigenvalue weighted by Crippen LogP contribution is 2.33. The van der Waals surface area contributed by atoms with Gasteiger partial charge in [-0.3, -0.25) is 4.79 Å². The number of benzene rings is 1. The third kappa shape index (κ3) is 2.83. The lowest BCUT2D eigenvalue weighted by Crippen LogP contribution is -2.50. The largest absolute Gasteiger partial charge is 0.448 e. The molecule has 2 aliphatic heterocycles. The summed E-state index contributed by atoms with van der Waals surface area (Å²) in [7, 11) is 0. The highest BCUT2D eigenvalue weighted by atomic mass is 16.8. The van der Waals surface area contributed by atoms with Gasteiger partial charge in [0.2, 0.25) is 5.78 Å². The summed E-state index contributed by atoms with van der Waals surface area (Å²) in [4.78, 5) is 24.3. The second-order valence-electron chi connectivity index (χ2n) is 5.42. The number of carbonyl (C=O) groups is 2. The summed E-state index contributed by atoms with van der Waals surface area (Å²) in [5, 5.41) is 0. The van der Waals surface area contributed by atoms with Crippen LogP contribution in [0.3, 0.4) is 0 Å². The Hall–Kier alpha value is -1.76. The smallest absolute Gasteiger partial charge is 0.338 e. The van der Waals surface area contributed by atoms with Crippen LogP contribution in [0.25, 0.3) is 0 Å². The van der Waals surface area contributed by atoms with Crippen LogP contribution in [0.2, 0.25) is 0 Å². The van der Waals surface area contributed by atoms with Crippen molar-refractivity contribution >= 4 is 11.8 Å². The maximum atomic E-state index is 12.3. The van der Waals surface area contributed by atoms with Gasteiger partial charge in [-0.25, -0.2) is 4.79 Å². The Bertz CT molecular complexity index is 553. The molecule has 6 heteroatoms. The van der Waals surface area contributed by atoms with E-state index in [0.29, 0.717) is 5.56 Å². The summed E-state index contributed by atoms with van der Waals surface area (Å²) < 4.78 is 21.6. The van der Waals surface area contributed by atoms with Crippen LogP contribution >= 0.6 is 0 Å². The number of Topliss-reactive ketones (excluding diaryl/α,β-unsaturated/α-hetero) is 1. The number of hydrogen-bond donors (Lipinski definition) is 0. The third-order valence-corrected chi connectivity index (χ3v) is 3.33. The Morgan fingerprint density at radius 1 is 1.24 bits per heavy atom. The Morgan fingerprint density at radius 3 is 2.67 bits per heavy atom. The van der Waals surface area contributed by atoms with Crippen molar-refractivity contribution in [3.8, 4) is 0 Å². The molecule has 0 aliphatic carbocycles. The number of fused-ring (bicyclic) bond motifs is 1. The minimum absolute atomic E-state index is 0.0297. The Labute approximate surface area is 121 Å². The average molecular weight is 292 g/mol. The summed E-state index contributed by atoms with van der Waals surface area (Å²) in [6.45, 7) is 3.37. The number of carbonyl (C=O) groups excluding carboxylic acids is 2. The lowest BCUT2D eigenvalue weighted by Gasteiger charge is -2.27. The van der Waals surface area contributed by atoms with Crippen molar-refractivity contribution in [3.63, 3.8) is 0 Å². The predicted molar refractivity (Wildman–Crippen MR) is 70.4 cm³/mol. The zero-order chi connectivity index (χ0) is 15.0. The van der Waals surface area contributed by atoms with Crippen LogP contribution < -0.4 is 0 Å². The van der Waals surface area contributed by atoms with Crippen molar-refractivity contribution in [3.05, 3.63) is 35.9 Å². The van der Waals surface area contributed by atoms with E-state index in [1.807, 2.05) is 0 Å². The van der Waals surface area contributed by atoms with Crippen LogP contribution in [0.15, 0.2) is 30.3 Å². The van der Waals surface area contributed by atoms with Gasteiger partial charge >= 0.3 is 5.97 Å². The fourth-order valence-corrected chi connectivity index (χ4v) is 2.36. The minimum atomic E-state index is -0.976. The molecular weight excluding hydrogens is 276 g/mol. The van der Waals surface area contributed by atoms with Crippen LogP contribution in [0, 0.1) is 0 Å². The molecular formula is C15H16O6. The first-order valence-corrected chi connectivity index (χ1v) is 6.73. The van der Waals surface area contributed by atoms with Gasteiger partial charge in [0.1, 0.15) is 0 Å². The van der Waals surface area contributed by atoms with E-state index in [2.05, 4.69) is 0 Å². The molecule has 0 unspecified atom stereocenters. The lowest BCUT2D eigenvalue weighted by atomic mass is 10.1. The number of ether oxygens (including phenoxy) is 4. The SMILES string of the molecule is CC1(C)O[C@H]2OC[C@H](OC(=O)c3ccccc3)C(=O)[C@H]2O1. The molecule has 2 aliphatic rings. The first-order valence-electron chi connectivity index (χ1n) is 6.73. The maximum Gasteiger partial charge on any atom is 0.338 e. The lowest BCUT2D eigenvalue weighted by molar-refractivity contribution is -0.200. The monoisotopic (exact) mass is 292 g/mol. The fourth-order valence-electron chi connectivity index (χ4n) is 2.36. The van der Waals surface area contributed by atoms with Gasteiger partial charge in [-0.1, -0.05) is 18.2 Å². The highest BCUT2D eigenvalue weighted by Gasteiger charge is 2.52. The first-order chi connectivity index (χ1) is 9.96. The normalized spacial score (nSPS) is 30.8. The van der Waals surface area contributed by atoms with Crippen molar-refractivity contribution in [2.24, 2.45) is 0 Å². The van der Waals surface area contributed by atoms with Crippen LogP contribution in [-0.2, 0) is 23.7 Å². The van der Waals surface area contributed by atoms with E-state index in [1.165, 1.54) is 0 Å². The standard InChI is InChI=1S/C15H16O6/c1-15(2)20-12-11(16)10(8-18-14(12)21-15)19-13(17)9-6-4-3-5-7-9/h3-7,10,12,14H,8H2,1-2H3/t10-,12+,14+/m0/s1. The van der Waals surface area contributed by atoms with Gasteiger partial charge in [0, 0.05) is 0 Å². The molecule has 0 saturated carbocycles. The zero-order valence-electron chi connectivity index (χ0n) is 11.8. The van der Waals surface area contributed by atoms with E-state index >= 15 is 0 Å². The van der Waals surface area contributed by atoms with Gasteiger partial charge in [-0.05, 0) is 26.0 Å². The molecule has 0 spiro atoms. The molecule has 3 atom stereocenters. The summed E-state index contributed by atoms with van der Waals surface area (Å²) in [6.07, 6.45) is -2.57. The van der Waals surface area contributed by atoms with Crippen LogP contribution in [0.5, 0.6) is 0 Å². The highest BCUT2D eigenvalue weighted by molar-refractivity contribution is 5.94. The zero-order valence-corrected chi connectivity index (χ0v) is 11.8. The molecule has 0 N–H and O–H groups in total. The van der Waals surface area contributed by atoms with Gasteiger partial charge in [0.15, 0.2) is 24.3 Å². The molecule has 2 saturated heterocycles. The van der Waals surface area contributed by atoms with Crippen molar-refractivity contribution < 1.29 is 28.5 Å². The van der Waals surface area contributed by atoms with E-state index in [4.69, 9.17) is 18.9 Å². The van der Waals surface area contributed by atoms with E-state index in [-0.39, 0.29) is 12.4 Å². The summed E-state index contributed by atoms with van der Waals surface area (Å²) in [5.41, 5.74) is 0.386. The molecule has 2 heterocycles. The molecule has 2 fully saturated rings. The molecule has 1 aromatic rings. The van der Waals surface area contributed by atoms with Crippen molar-refractivity contribution in [2.45, 2.75) is 38.1 Å². The number of rotatable bonds is 2. The quantitative estimate of drug-likeness (QED) is 0.765. The number of ketones is 1. The summed E-state index contributed by atoms with van der Waals surface area (Å²) >= 11 is 0. The number of hydrogen-bond acceptors (Lipinski definition) is 6. The van der Waals surface area contributed by atoms with Crippen LogP contribution in [0.1, 0.15) is 24.2 Å². The topological polar surface area (TPSA) is 71.1 Å². The first kappa shape index (κ1) is 14.2. The second kappa shape index (κ2) is 5.22. The molecule has 0 aromatic heterocycles. The molecule has 3 rings (SSSR count). The Kier molecular flexibility index (Phi) is 3.52. The molecule has 0 bridgehead atoms. The third-order valence-electron chi connectivity index (χ3n) is 3.33. The fraction of sp³-hybridized carbons (Fsp3) is 0.467. The molecule has 6 nitrogen and oxygen atoms in total. The predicted octanol–water partition coefficient (Wildman–Crippen LogP) is 1.29. The van der Waals surface area contributed by atoms with Gasteiger partial charge in [-0.2, -0.15) is 0 Å².